The highest BCUT2D eigenvalue weighted by Gasteiger charge is 2.16. The van der Waals surface area contributed by atoms with Gasteiger partial charge < -0.3 is 21.0 Å². The molecule has 1 aliphatic rings. The van der Waals surface area contributed by atoms with E-state index < -0.39 is 0 Å². The summed E-state index contributed by atoms with van der Waals surface area (Å²) in [6, 6.07) is 5.73. The van der Waals surface area contributed by atoms with Crippen LogP contribution in [-0.4, -0.2) is 24.7 Å². The second-order valence-electron chi connectivity index (χ2n) is 5.28. The number of oxime groups is 1. The summed E-state index contributed by atoms with van der Waals surface area (Å²) in [4.78, 5) is 0. The van der Waals surface area contributed by atoms with Gasteiger partial charge in [-0.2, -0.15) is 0 Å². The minimum absolute atomic E-state index is 0.0677. The lowest BCUT2D eigenvalue weighted by Gasteiger charge is -2.25. The fourth-order valence-electron chi connectivity index (χ4n) is 2.44. The van der Waals surface area contributed by atoms with Crippen LogP contribution in [0.4, 0.5) is 0 Å². The van der Waals surface area contributed by atoms with E-state index in [1.807, 2.05) is 18.2 Å². The number of ether oxygens (including phenoxy) is 1. The van der Waals surface area contributed by atoms with Gasteiger partial charge in [0.2, 0.25) is 0 Å². The quantitative estimate of drug-likeness (QED) is 0.234. The summed E-state index contributed by atoms with van der Waals surface area (Å²) in [5, 5.41) is 15.3. The van der Waals surface area contributed by atoms with E-state index in [2.05, 4.69) is 10.5 Å². The predicted octanol–water partition coefficient (Wildman–Crippen LogP) is 2.07. The molecule has 1 saturated carbocycles. The van der Waals surface area contributed by atoms with Crippen LogP contribution in [0.15, 0.2) is 23.4 Å². The van der Waals surface area contributed by atoms with Crippen molar-refractivity contribution in [3.8, 4) is 5.75 Å². The normalized spacial score (nSPS) is 15.9. The molecule has 5 heteroatoms. The molecule has 2 rings (SSSR count). The summed E-state index contributed by atoms with van der Waals surface area (Å²) in [5.74, 6) is 1.60. The summed E-state index contributed by atoms with van der Waals surface area (Å²) in [5.41, 5.74) is 7.38. The Balaban J connectivity index is 1.90. The molecule has 0 amide bonds. The van der Waals surface area contributed by atoms with Gasteiger partial charge in [-0.05, 0) is 36.6 Å². The second-order valence-corrected chi connectivity index (χ2v) is 5.28. The number of nitrogens with one attached hydrogen (secondary N) is 1. The van der Waals surface area contributed by atoms with Crippen LogP contribution in [0.2, 0.25) is 0 Å². The third-order valence-corrected chi connectivity index (χ3v) is 3.93. The largest absolute Gasteiger partial charge is 0.496 e. The molecule has 0 radical (unpaired) electrons. The van der Waals surface area contributed by atoms with E-state index >= 15 is 0 Å². The minimum atomic E-state index is 0.0677. The van der Waals surface area contributed by atoms with Gasteiger partial charge in [0.05, 0.1) is 12.7 Å². The van der Waals surface area contributed by atoms with E-state index in [9.17, 15) is 0 Å². The van der Waals surface area contributed by atoms with Gasteiger partial charge in [-0.3, -0.25) is 0 Å². The number of nitrogens with two attached hydrogens (primary N) is 1. The lowest BCUT2D eigenvalue weighted by molar-refractivity contribution is 0.292. The fraction of sp³-hybridized carbons (Fsp3) is 0.533. The van der Waals surface area contributed by atoms with E-state index in [1.165, 1.54) is 25.7 Å². The zero-order valence-corrected chi connectivity index (χ0v) is 11.9. The molecule has 0 aliphatic heterocycles. The van der Waals surface area contributed by atoms with Gasteiger partial charge in [0, 0.05) is 6.54 Å². The standard InChI is InChI=1S/C15H23N3O2/c1-20-14-6-5-12(9-13(14)15(16)18-19)10-17-8-7-11-3-2-4-11/h5-6,9,11,17,19H,2-4,7-8,10H2,1H3,(H2,16,18). The Morgan fingerprint density at radius 3 is 2.90 bits per heavy atom. The zero-order chi connectivity index (χ0) is 14.4. The number of hydrogen-bond donors (Lipinski definition) is 3. The number of hydrogen-bond acceptors (Lipinski definition) is 4. The van der Waals surface area contributed by atoms with Crippen molar-refractivity contribution in [2.45, 2.75) is 32.2 Å². The smallest absolute Gasteiger partial charge is 0.173 e. The molecular weight excluding hydrogens is 254 g/mol. The fourth-order valence-corrected chi connectivity index (χ4v) is 2.44. The Morgan fingerprint density at radius 1 is 1.50 bits per heavy atom. The first kappa shape index (κ1) is 14.7. The number of amidine groups is 1. The number of rotatable bonds is 7. The molecule has 4 N–H and O–H groups in total. The van der Waals surface area contributed by atoms with Gasteiger partial charge in [0.1, 0.15) is 5.75 Å². The molecule has 0 atom stereocenters. The van der Waals surface area contributed by atoms with Gasteiger partial charge in [0.15, 0.2) is 5.84 Å². The monoisotopic (exact) mass is 277 g/mol. The Bertz CT molecular complexity index is 470. The molecule has 1 fully saturated rings. The second kappa shape index (κ2) is 7.14. The minimum Gasteiger partial charge on any atom is -0.496 e. The molecule has 0 heterocycles. The predicted molar refractivity (Wildman–Crippen MR) is 79.2 cm³/mol. The Hall–Kier alpha value is -1.75. The Morgan fingerprint density at radius 2 is 2.30 bits per heavy atom. The summed E-state index contributed by atoms with van der Waals surface area (Å²) in [7, 11) is 1.57. The van der Waals surface area contributed by atoms with Crippen LogP contribution in [0, 0.1) is 5.92 Å². The molecule has 0 aromatic heterocycles. The Kier molecular flexibility index (Phi) is 5.24. The van der Waals surface area contributed by atoms with Crippen molar-refractivity contribution in [2.75, 3.05) is 13.7 Å². The third-order valence-electron chi connectivity index (χ3n) is 3.93. The van der Waals surface area contributed by atoms with Crippen LogP contribution < -0.4 is 15.8 Å². The van der Waals surface area contributed by atoms with Crippen LogP contribution in [0.5, 0.6) is 5.75 Å². The summed E-state index contributed by atoms with van der Waals surface area (Å²) >= 11 is 0. The lowest BCUT2D eigenvalue weighted by atomic mass is 9.83. The van der Waals surface area contributed by atoms with Crippen molar-refractivity contribution in [1.29, 1.82) is 0 Å². The van der Waals surface area contributed by atoms with Crippen molar-refractivity contribution in [2.24, 2.45) is 16.8 Å². The molecule has 110 valence electrons. The average Bonchev–Trinajstić information content (AvgIpc) is 2.44. The van der Waals surface area contributed by atoms with Crippen LogP contribution in [0.25, 0.3) is 0 Å². The summed E-state index contributed by atoms with van der Waals surface area (Å²) in [6.45, 7) is 1.82. The van der Waals surface area contributed by atoms with Crippen LogP contribution in [-0.2, 0) is 6.54 Å². The Labute approximate surface area is 119 Å². The number of benzene rings is 1. The molecule has 1 aromatic carbocycles. The maximum Gasteiger partial charge on any atom is 0.173 e. The van der Waals surface area contributed by atoms with Gasteiger partial charge in [-0.15, -0.1) is 0 Å². The first-order chi connectivity index (χ1) is 9.74. The maximum absolute atomic E-state index is 8.80. The number of methoxy groups -OCH3 is 1. The van der Waals surface area contributed by atoms with Crippen molar-refractivity contribution < 1.29 is 9.94 Å². The molecule has 0 unspecified atom stereocenters. The molecule has 1 aliphatic carbocycles. The van der Waals surface area contributed by atoms with Gasteiger partial charge >= 0.3 is 0 Å². The SMILES string of the molecule is COc1ccc(CNCCC2CCC2)cc1/C(N)=N/O. The molecular formula is C15H23N3O2. The van der Waals surface area contributed by atoms with Crippen LogP contribution in [0.1, 0.15) is 36.8 Å². The zero-order valence-electron chi connectivity index (χ0n) is 11.9. The molecule has 1 aromatic rings. The summed E-state index contributed by atoms with van der Waals surface area (Å²) in [6.07, 6.45) is 5.42. The molecule has 5 nitrogen and oxygen atoms in total. The van der Waals surface area contributed by atoms with Crippen molar-refractivity contribution in [3.05, 3.63) is 29.3 Å². The molecule has 0 saturated heterocycles. The highest BCUT2D eigenvalue weighted by Crippen LogP contribution is 2.28. The van der Waals surface area contributed by atoms with Gasteiger partial charge in [-0.25, -0.2) is 0 Å². The molecule has 20 heavy (non-hydrogen) atoms. The van der Waals surface area contributed by atoms with E-state index in [1.54, 1.807) is 7.11 Å². The molecule has 0 spiro atoms. The van der Waals surface area contributed by atoms with Crippen molar-refractivity contribution >= 4 is 5.84 Å². The third kappa shape index (κ3) is 3.63. The lowest BCUT2D eigenvalue weighted by Crippen LogP contribution is -2.21. The van der Waals surface area contributed by atoms with E-state index in [0.29, 0.717) is 11.3 Å². The summed E-state index contributed by atoms with van der Waals surface area (Å²) < 4.78 is 5.21. The number of nitrogens with zero attached hydrogens (tertiary/aromatic N) is 1. The van der Waals surface area contributed by atoms with Gasteiger partial charge in [-0.1, -0.05) is 30.5 Å². The topological polar surface area (TPSA) is 79.9 Å². The first-order valence-electron chi connectivity index (χ1n) is 7.10. The van der Waals surface area contributed by atoms with E-state index in [-0.39, 0.29) is 5.84 Å². The first-order valence-corrected chi connectivity index (χ1v) is 7.10. The molecule has 0 bridgehead atoms. The highest BCUT2D eigenvalue weighted by molar-refractivity contribution is 5.99. The van der Waals surface area contributed by atoms with Crippen molar-refractivity contribution in [3.63, 3.8) is 0 Å². The average molecular weight is 277 g/mol. The maximum atomic E-state index is 8.80. The van der Waals surface area contributed by atoms with E-state index in [4.69, 9.17) is 15.7 Å². The van der Waals surface area contributed by atoms with E-state index in [0.717, 1.165) is 24.6 Å². The van der Waals surface area contributed by atoms with Crippen LogP contribution >= 0.6 is 0 Å². The van der Waals surface area contributed by atoms with Crippen molar-refractivity contribution in [1.82, 2.24) is 5.32 Å². The van der Waals surface area contributed by atoms with Crippen LogP contribution in [0.3, 0.4) is 0 Å². The highest BCUT2D eigenvalue weighted by atomic mass is 16.5. The van der Waals surface area contributed by atoms with Gasteiger partial charge in [0.25, 0.3) is 0 Å².